The number of anilines is 1. The number of H-pyrrole nitrogens is 1. The number of nitrogen functional groups attached to an aromatic ring is 1. The molecule has 0 bridgehead atoms. The minimum Gasteiger partial charge on any atom is -0.382 e. The van der Waals surface area contributed by atoms with Crippen LogP contribution in [0.5, 0.6) is 0 Å². The largest absolute Gasteiger partial charge is 0.392 e. The van der Waals surface area contributed by atoms with Gasteiger partial charge in [0.05, 0.1) is 5.92 Å². The molecule has 3 N–H and O–H groups in total. The van der Waals surface area contributed by atoms with E-state index in [0.29, 0.717) is 18.5 Å². The Kier molecular flexibility index (Phi) is 2.82. The van der Waals surface area contributed by atoms with E-state index in [0.717, 1.165) is 6.42 Å². The molecule has 1 fully saturated rings. The van der Waals surface area contributed by atoms with E-state index in [-0.39, 0.29) is 12.2 Å². The normalized spacial score (nSPS) is 26.9. The molecule has 0 saturated heterocycles. The first-order chi connectivity index (χ1) is 7.48. The average Bonchev–Trinajstić information content (AvgIpc) is 2.64. The molecule has 0 radical (unpaired) electrons. The van der Waals surface area contributed by atoms with Gasteiger partial charge in [-0.05, 0) is 12.8 Å². The lowest BCUT2D eigenvalue weighted by molar-refractivity contribution is -0.187. The Morgan fingerprint density at radius 2 is 2.00 bits per heavy atom. The fourth-order valence-electron chi connectivity index (χ4n) is 2.44. The highest BCUT2D eigenvalue weighted by Gasteiger charge is 2.46. The van der Waals surface area contributed by atoms with Crippen LogP contribution in [0.25, 0.3) is 0 Å². The van der Waals surface area contributed by atoms with Crippen molar-refractivity contribution in [3.63, 3.8) is 0 Å². The van der Waals surface area contributed by atoms with E-state index in [1.165, 1.54) is 6.07 Å². The van der Waals surface area contributed by atoms with Gasteiger partial charge in [0, 0.05) is 17.7 Å². The van der Waals surface area contributed by atoms with Gasteiger partial charge in [0.15, 0.2) is 0 Å². The fraction of sp³-hybridized carbons (Fsp3) is 0.700. The highest BCUT2D eigenvalue weighted by molar-refractivity contribution is 5.30. The van der Waals surface area contributed by atoms with Crippen LogP contribution in [0.2, 0.25) is 0 Å². The first-order valence-electron chi connectivity index (χ1n) is 5.36. The lowest BCUT2D eigenvalue weighted by Gasteiger charge is -2.32. The van der Waals surface area contributed by atoms with Gasteiger partial charge in [-0.15, -0.1) is 0 Å². The number of hydrogen-bond acceptors (Lipinski definition) is 2. The number of aromatic nitrogens is 2. The van der Waals surface area contributed by atoms with Crippen LogP contribution in [0.3, 0.4) is 0 Å². The molecule has 90 valence electrons. The summed E-state index contributed by atoms with van der Waals surface area (Å²) in [5.74, 6) is -1.53. The number of nitrogens with two attached hydrogens (primary N) is 1. The van der Waals surface area contributed by atoms with Crippen LogP contribution < -0.4 is 5.73 Å². The number of hydrogen-bond donors (Lipinski definition) is 2. The minimum atomic E-state index is -4.13. The lowest BCUT2D eigenvalue weighted by Crippen LogP contribution is -2.31. The Labute approximate surface area is 91.2 Å². The summed E-state index contributed by atoms with van der Waals surface area (Å²) in [6.45, 7) is 0. The Morgan fingerprint density at radius 1 is 1.31 bits per heavy atom. The van der Waals surface area contributed by atoms with Crippen LogP contribution in [-0.2, 0) is 0 Å². The maximum atomic E-state index is 12.8. The van der Waals surface area contributed by atoms with Crippen LogP contribution in [0, 0.1) is 5.92 Å². The first kappa shape index (κ1) is 11.3. The van der Waals surface area contributed by atoms with Gasteiger partial charge >= 0.3 is 6.18 Å². The van der Waals surface area contributed by atoms with Crippen molar-refractivity contribution in [3.05, 3.63) is 11.8 Å². The highest BCUT2D eigenvalue weighted by Crippen LogP contribution is 2.45. The van der Waals surface area contributed by atoms with E-state index in [2.05, 4.69) is 10.2 Å². The van der Waals surface area contributed by atoms with Crippen molar-refractivity contribution in [1.29, 1.82) is 0 Å². The first-order valence-corrected chi connectivity index (χ1v) is 5.36. The summed E-state index contributed by atoms with van der Waals surface area (Å²) in [6.07, 6.45) is -1.91. The summed E-state index contributed by atoms with van der Waals surface area (Å²) in [7, 11) is 0. The van der Waals surface area contributed by atoms with E-state index in [4.69, 9.17) is 5.73 Å². The Balaban J connectivity index is 2.23. The Hall–Kier alpha value is -1.20. The third-order valence-electron chi connectivity index (χ3n) is 3.20. The molecule has 1 saturated carbocycles. The zero-order chi connectivity index (χ0) is 11.8. The van der Waals surface area contributed by atoms with Crippen molar-refractivity contribution in [3.8, 4) is 0 Å². The average molecular weight is 233 g/mol. The predicted molar refractivity (Wildman–Crippen MR) is 53.8 cm³/mol. The van der Waals surface area contributed by atoms with Crippen molar-refractivity contribution in [2.45, 2.75) is 37.8 Å². The fourth-order valence-corrected chi connectivity index (χ4v) is 2.44. The monoisotopic (exact) mass is 233 g/mol. The number of aromatic amines is 1. The summed E-state index contributed by atoms with van der Waals surface area (Å²) in [6, 6.07) is 1.51. The highest BCUT2D eigenvalue weighted by atomic mass is 19.4. The standard InChI is InChI=1S/C10H14F3N3/c11-10(12,13)7-4-2-1-3-6(7)8-5-9(14)16-15-8/h5-7H,1-4H2,(H3,14,15,16). The van der Waals surface area contributed by atoms with E-state index in [9.17, 15) is 13.2 Å². The Morgan fingerprint density at radius 3 is 2.56 bits per heavy atom. The SMILES string of the molecule is Nc1cc(C2CCCCC2C(F)(F)F)[nH]n1. The number of halogens is 3. The van der Waals surface area contributed by atoms with Crippen LogP contribution in [0.15, 0.2) is 6.07 Å². The van der Waals surface area contributed by atoms with Crippen LogP contribution in [0.4, 0.5) is 19.0 Å². The molecule has 0 aromatic carbocycles. The quantitative estimate of drug-likeness (QED) is 0.783. The molecule has 1 aromatic heterocycles. The number of alkyl halides is 3. The smallest absolute Gasteiger partial charge is 0.382 e. The number of nitrogens with one attached hydrogen (secondary N) is 1. The third kappa shape index (κ3) is 2.15. The number of rotatable bonds is 1. The van der Waals surface area contributed by atoms with Crippen molar-refractivity contribution >= 4 is 5.82 Å². The predicted octanol–water partition coefficient (Wildman–Crippen LogP) is 2.83. The molecule has 1 aliphatic carbocycles. The molecular formula is C10H14F3N3. The molecule has 0 aliphatic heterocycles. The molecule has 6 heteroatoms. The van der Waals surface area contributed by atoms with Crippen LogP contribution >= 0.6 is 0 Å². The van der Waals surface area contributed by atoms with Gasteiger partial charge in [-0.1, -0.05) is 12.8 Å². The van der Waals surface area contributed by atoms with Crippen LogP contribution in [0.1, 0.15) is 37.3 Å². The molecule has 0 spiro atoms. The Bertz CT molecular complexity index is 358. The molecule has 16 heavy (non-hydrogen) atoms. The summed E-state index contributed by atoms with van der Waals surface area (Å²) < 4.78 is 38.5. The van der Waals surface area contributed by atoms with Crippen molar-refractivity contribution in [1.82, 2.24) is 10.2 Å². The van der Waals surface area contributed by atoms with Gasteiger partial charge in [0.2, 0.25) is 0 Å². The number of nitrogens with zero attached hydrogens (tertiary/aromatic N) is 1. The lowest BCUT2D eigenvalue weighted by atomic mass is 9.77. The van der Waals surface area contributed by atoms with Gasteiger partial charge in [-0.3, -0.25) is 5.10 Å². The molecule has 1 heterocycles. The summed E-state index contributed by atoms with van der Waals surface area (Å²) in [4.78, 5) is 0. The minimum absolute atomic E-state index is 0.201. The second-order valence-electron chi connectivity index (χ2n) is 4.29. The maximum Gasteiger partial charge on any atom is 0.392 e. The molecular weight excluding hydrogens is 219 g/mol. The molecule has 2 rings (SSSR count). The van der Waals surface area contributed by atoms with E-state index < -0.39 is 18.0 Å². The van der Waals surface area contributed by atoms with E-state index in [1.807, 2.05) is 0 Å². The molecule has 1 aliphatic rings. The van der Waals surface area contributed by atoms with Gasteiger partial charge in [-0.25, -0.2) is 0 Å². The van der Waals surface area contributed by atoms with Crippen molar-refractivity contribution in [2.24, 2.45) is 5.92 Å². The third-order valence-corrected chi connectivity index (χ3v) is 3.20. The topological polar surface area (TPSA) is 54.7 Å². The zero-order valence-electron chi connectivity index (χ0n) is 8.72. The van der Waals surface area contributed by atoms with Crippen molar-refractivity contribution in [2.75, 3.05) is 5.73 Å². The summed E-state index contributed by atoms with van der Waals surface area (Å²) in [5, 5.41) is 6.30. The van der Waals surface area contributed by atoms with Crippen molar-refractivity contribution < 1.29 is 13.2 Å². The van der Waals surface area contributed by atoms with Gasteiger partial charge in [0.1, 0.15) is 5.82 Å². The van der Waals surface area contributed by atoms with E-state index >= 15 is 0 Å². The van der Waals surface area contributed by atoms with Gasteiger partial charge in [-0.2, -0.15) is 18.3 Å². The van der Waals surface area contributed by atoms with Crippen LogP contribution in [-0.4, -0.2) is 16.4 Å². The van der Waals surface area contributed by atoms with E-state index in [1.54, 1.807) is 0 Å². The zero-order valence-corrected chi connectivity index (χ0v) is 8.72. The molecule has 2 unspecified atom stereocenters. The summed E-state index contributed by atoms with van der Waals surface area (Å²) in [5.41, 5.74) is 5.93. The molecule has 2 atom stereocenters. The second kappa shape index (κ2) is 3.99. The van der Waals surface area contributed by atoms with Gasteiger partial charge in [0.25, 0.3) is 0 Å². The molecule has 3 nitrogen and oxygen atoms in total. The second-order valence-corrected chi connectivity index (χ2v) is 4.29. The molecule has 0 amide bonds. The van der Waals surface area contributed by atoms with Gasteiger partial charge < -0.3 is 5.73 Å². The maximum absolute atomic E-state index is 12.8. The molecule has 1 aromatic rings. The summed E-state index contributed by atoms with van der Waals surface area (Å²) >= 11 is 0.